The molecule has 0 unspecified atom stereocenters. The minimum Gasteiger partial charge on any atom is -0.481 e. The predicted molar refractivity (Wildman–Crippen MR) is 30.1 cm³/mol. The van der Waals surface area contributed by atoms with Crippen LogP contribution in [0.2, 0.25) is 0 Å². The molecule has 10 heavy (non-hydrogen) atoms. The maximum atomic E-state index is 10.1. The third kappa shape index (κ3) is 1.51. The molecule has 1 aromatic heterocycles. The van der Waals surface area contributed by atoms with E-state index in [0.29, 0.717) is 0 Å². The lowest BCUT2D eigenvalue weighted by atomic mass is 10.4. The summed E-state index contributed by atoms with van der Waals surface area (Å²) in [5, 5.41) is 18.9. The number of tetrazole rings is 1. The van der Waals surface area contributed by atoms with Crippen LogP contribution in [0.5, 0.6) is 0 Å². The molecule has 1 rings (SSSR count). The Kier molecular flexibility index (Phi) is 1.61. The van der Waals surface area contributed by atoms with E-state index in [1.54, 1.807) is 7.05 Å². The molecule has 0 fully saturated rings. The summed E-state index contributed by atoms with van der Waals surface area (Å²) in [6.45, 7) is 0. The van der Waals surface area contributed by atoms with E-state index < -0.39 is 5.97 Å². The first-order chi connectivity index (χ1) is 4.68. The largest absolute Gasteiger partial charge is 0.481 e. The zero-order valence-electron chi connectivity index (χ0n) is 5.35. The van der Waals surface area contributed by atoms with Crippen LogP contribution in [0.1, 0.15) is 5.82 Å². The van der Waals surface area contributed by atoms with Crippen molar-refractivity contribution in [3.8, 4) is 0 Å². The predicted octanol–water partition coefficient (Wildman–Crippen LogP) is -1.16. The van der Waals surface area contributed by atoms with E-state index in [1.807, 2.05) is 0 Å². The number of aliphatic carboxylic acids is 1. The van der Waals surface area contributed by atoms with Crippen LogP contribution in [0.25, 0.3) is 0 Å². The van der Waals surface area contributed by atoms with Crippen molar-refractivity contribution in [2.45, 2.75) is 6.42 Å². The molecule has 0 atom stereocenters. The Bertz CT molecular complexity index is 243. The highest BCUT2D eigenvalue weighted by Gasteiger charge is 2.04. The monoisotopic (exact) mass is 142 g/mol. The molecular weight excluding hydrogens is 136 g/mol. The van der Waals surface area contributed by atoms with Gasteiger partial charge in [0.05, 0.1) is 7.05 Å². The topological polar surface area (TPSA) is 80.9 Å². The van der Waals surface area contributed by atoms with Crippen LogP contribution in [0.4, 0.5) is 0 Å². The van der Waals surface area contributed by atoms with Crippen LogP contribution in [0, 0.1) is 0 Å². The molecule has 6 nitrogen and oxygen atoms in total. The molecule has 0 bridgehead atoms. The molecule has 0 saturated carbocycles. The van der Waals surface area contributed by atoms with Gasteiger partial charge in [0.1, 0.15) is 6.42 Å². The van der Waals surface area contributed by atoms with Crippen LogP contribution >= 0.6 is 0 Å². The fourth-order valence-electron chi connectivity index (χ4n) is 0.529. The molecular formula is C4H6N4O2. The van der Waals surface area contributed by atoms with Crippen molar-refractivity contribution in [2.75, 3.05) is 0 Å². The fraction of sp³-hybridized carbons (Fsp3) is 0.500. The molecule has 0 radical (unpaired) electrons. The van der Waals surface area contributed by atoms with E-state index in [4.69, 9.17) is 5.11 Å². The van der Waals surface area contributed by atoms with Gasteiger partial charge in [-0.1, -0.05) is 0 Å². The molecule has 0 amide bonds. The van der Waals surface area contributed by atoms with Crippen molar-refractivity contribution in [1.29, 1.82) is 0 Å². The second-order valence-corrected chi connectivity index (χ2v) is 1.77. The van der Waals surface area contributed by atoms with Gasteiger partial charge in [0.15, 0.2) is 5.82 Å². The van der Waals surface area contributed by atoms with Crippen molar-refractivity contribution in [1.82, 2.24) is 20.2 Å². The summed E-state index contributed by atoms with van der Waals surface area (Å²) in [6.07, 6.45) is -0.173. The Labute approximate surface area is 56.5 Å². The average molecular weight is 142 g/mol. The van der Waals surface area contributed by atoms with Gasteiger partial charge in [0, 0.05) is 0 Å². The summed E-state index contributed by atoms with van der Waals surface area (Å²) in [5.41, 5.74) is 0. The Morgan fingerprint density at radius 2 is 2.50 bits per heavy atom. The van der Waals surface area contributed by atoms with Crippen LogP contribution in [-0.2, 0) is 18.3 Å². The Morgan fingerprint density at radius 3 is 2.90 bits per heavy atom. The highest BCUT2D eigenvalue weighted by Crippen LogP contribution is 1.85. The normalized spacial score (nSPS) is 9.70. The Balaban J connectivity index is 2.67. The lowest BCUT2D eigenvalue weighted by Crippen LogP contribution is -2.02. The second-order valence-electron chi connectivity index (χ2n) is 1.77. The standard InChI is InChI=1S/C4H6N4O2/c1-8-6-3(5-7-8)2-4(9)10/h2H2,1H3,(H,9,10). The van der Waals surface area contributed by atoms with Gasteiger partial charge in [-0.25, -0.2) is 0 Å². The van der Waals surface area contributed by atoms with Crippen LogP contribution in [0.15, 0.2) is 0 Å². The molecule has 0 aliphatic heterocycles. The van der Waals surface area contributed by atoms with Gasteiger partial charge in [0.25, 0.3) is 0 Å². The third-order valence-corrected chi connectivity index (χ3v) is 0.859. The lowest BCUT2D eigenvalue weighted by Gasteiger charge is -1.82. The summed E-state index contributed by atoms with van der Waals surface area (Å²) in [7, 11) is 1.58. The quantitative estimate of drug-likeness (QED) is 0.563. The van der Waals surface area contributed by atoms with E-state index in [1.165, 1.54) is 4.80 Å². The van der Waals surface area contributed by atoms with E-state index >= 15 is 0 Å². The highest BCUT2D eigenvalue weighted by molar-refractivity contribution is 5.68. The maximum absolute atomic E-state index is 10.1. The molecule has 0 aromatic carbocycles. The molecule has 0 aliphatic rings. The molecule has 0 aliphatic carbocycles. The van der Waals surface area contributed by atoms with Gasteiger partial charge < -0.3 is 5.11 Å². The first-order valence-electron chi connectivity index (χ1n) is 2.63. The number of aromatic nitrogens is 4. The number of carbonyl (C=O) groups is 1. The molecule has 6 heteroatoms. The molecule has 1 heterocycles. The van der Waals surface area contributed by atoms with Crippen molar-refractivity contribution >= 4 is 5.97 Å². The molecule has 54 valence electrons. The Morgan fingerprint density at radius 1 is 1.80 bits per heavy atom. The van der Waals surface area contributed by atoms with Crippen molar-refractivity contribution in [2.24, 2.45) is 7.05 Å². The number of rotatable bonds is 2. The number of aryl methyl sites for hydroxylation is 1. The van der Waals surface area contributed by atoms with E-state index in [2.05, 4.69) is 15.4 Å². The minimum absolute atomic E-state index is 0.173. The van der Waals surface area contributed by atoms with Crippen molar-refractivity contribution < 1.29 is 9.90 Å². The SMILES string of the molecule is Cn1nnc(CC(=O)O)n1. The van der Waals surface area contributed by atoms with E-state index in [0.717, 1.165) is 0 Å². The van der Waals surface area contributed by atoms with Gasteiger partial charge in [-0.2, -0.15) is 4.80 Å². The van der Waals surface area contributed by atoms with Gasteiger partial charge in [-0.15, -0.1) is 10.2 Å². The Hall–Kier alpha value is -1.46. The summed E-state index contributed by atoms with van der Waals surface area (Å²) in [6, 6.07) is 0. The number of carboxylic acids is 1. The lowest BCUT2D eigenvalue weighted by molar-refractivity contribution is -0.136. The average Bonchev–Trinajstić information content (AvgIpc) is 2.13. The number of hydrogen-bond acceptors (Lipinski definition) is 4. The summed E-state index contributed by atoms with van der Waals surface area (Å²) in [5.74, 6) is -0.719. The number of nitrogens with zero attached hydrogens (tertiary/aromatic N) is 4. The van der Waals surface area contributed by atoms with Crippen LogP contribution in [-0.4, -0.2) is 31.3 Å². The first kappa shape index (κ1) is 6.66. The van der Waals surface area contributed by atoms with Crippen molar-refractivity contribution in [3.05, 3.63) is 5.82 Å². The fourth-order valence-corrected chi connectivity index (χ4v) is 0.529. The minimum atomic E-state index is -0.951. The smallest absolute Gasteiger partial charge is 0.311 e. The van der Waals surface area contributed by atoms with Crippen molar-refractivity contribution in [3.63, 3.8) is 0 Å². The molecule has 0 saturated heterocycles. The summed E-state index contributed by atoms with van der Waals surface area (Å²) < 4.78 is 0. The van der Waals surface area contributed by atoms with Gasteiger partial charge in [0.2, 0.25) is 0 Å². The first-order valence-corrected chi connectivity index (χ1v) is 2.63. The highest BCUT2D eigenvalue weighted by atomic mass is 16.4. The van der Waals surface area contributed by atoms with Gasteiger partial charge in [-0.3, -0.25) is 4.79 Å². The summed E-state index contributed by atoms with van der Waals surface area (Å²) in [4.78, 5) is 11.3. The van der Waals surface area contributed by atoms with Gasteiger partial charge in [-0.05, 0) is 5.21 Å². The maximum Gasteiger partial charge on any atom is 0.311 e. The molecule has 1 N–H and O–H groups in total. The number of hydrogen-bond donors (Lipinski definition) is 1. The van der Waals surface area contributed by atoms with Gasteiger partial charge >= 0.3 is 5.97 Å². The zero-order valence-corrected chi connectivity index (χ0v) is 5.35. The molecule has 1 aromatic rings. The molecule has 0 spiro atoms. The number of carboxylic acid groups (broad SMARTS) is 1. The zero-order chi connectivity index (χ0) is 7.56. The van der Waals surface area contributed by atoms with Crippen LogP contribution in [0.3, 0.4) is 0 Å². The second kappa shape index (κ2) is 2.42. The van der Waals surface area contributed by atoms with E-state index in [9.17, 15) is 4.79 Å². The summed E-state index contributed by atoms with van der Waals surface area (Å²) >= 11 is 0. The van der Waals surface area contributed by atoms with E-state index in [-0.39, 0.29) is 12.2 Å². The van der Waals surface area contributed by atoms with Crippen LogP contribution < -0.4 is 0 Å². The third-order valence-electron chi connectivity index (χ3n) is 0.859.